The average molecular weight is 420 g/mol. The molecule has 8 heteroatoms. The minimum absolute atomic E-state index is 0.124. The summed E-state index contributed by atoms with van der Waals surface area (Å²) in [6.07, 6.45) is 0.839. The number of nitrogens with one attached hydrogen (secondary N) is 3. The molecule has 0 bridgehead atoms. The lowest BCUT2D eigenvalue weighted by molar-refractivity contribution is 0.409. The van der Waals surface area contributed by atoms with Crippen LogP contribution in [0.5, 0.6) is 11.6 Å². The van der Waals surface area contributed by atoms with E-state index in [9.17, 15) is 9.90 Å². The number of methoxy groups -OCH3 is 1. The van der Waals surface area contributed by atoms with Gasteiger partial charge in [0.2, 0.25) is 5.88 Å². The molecule has 4 aromatic rings. The third-order valence-electron chi connectivity index (χ3n) is 5.60. The summed E-state index contributed by atoms with van der Waals surface area (Å²) in [5.74, 6) is 0.504. The van der Waals surface area contributed by atoms with Crippen molar-refractivity contribution in [1.29, 1.82) is 0 Å². The molecule has 5 rings (SSSR count). The van der Waals surface area contributed by atoms with E-state index in [-0.39, 0.29) is 16.2 Å². The molecule has 0 amide bonds. The van der Waals surface area contributed by atoms with Crippen LogP contribution in [0.2, 0.25) is 0 Å². The number of aromatic nitrogens is 3. The summed E-state index contributed by atoms with van der Waals surface area (Å²) >= 11 is 5.35. The van der Waals surface area contributed by atoms with Gasteiger partial charge in [-0.05, 0) is 54.5 Å². The second-order valence-corrected chi connectivity index (χ2v) is 7.62. The Morgan fingerprint density at radius 1 is 1.13 bits per heavy atom. The largest absolute Gasteiger partial charge is 0.497 e. The normalized spacial score (nSPS) is 15.8. The molecule has 30 heavy (non-hydrogen) atoms. The summed E-state index contributed by atoms with van der Waals surface area (Å²) in [4.78, 5) is 19.0. The summed E-state index contributed by atoms with van der Waals surface area (Å²) < 4.78 is 6.79. The zero-order valence-corrected chi connectivity index (χ0v) is 17.0. The average Bonchev–Trinajstić information content (AvgIpc) is 3.13. The molecule has 1 aliphatic rings. The van der Waals surface area contributed by atoms with Gasteiger partial charge in [-0.15, -0.1) is 0 Å². The number of nitrogens with zero attached hydrogens (tertiary/aromatic N) is 1. The Kier molecular flexibility index (Phi) is 4.45. The van der Waals surface area contributed by atoms with Gasteiger partial charge in [0.05, 0.1) is 18.8 Å². The third-order valence-corrected chi connectivity index (χ3v) is 5.88. The van der Waals surface area contributed by atoms with Gasteiger partial charge in [0.15, 0.2) is 4.77 Å². The van der Waals surface area contributed by atoms with Crippen molar-refractivity contribution in [2.45, 2.75) is 12.5 Å². The second kappa shape index (κ2) is 7.16. The molecule has 0 aliphatic carbocycles. The minimum Gasteiger partial charge on any atom is -0.497 e. The van der Waals surface area contributed by atoms with Crippen LogP contribution in [0.4, 0.5) is 0 Å². The summed E-state index contributed by atoms with van der Waals surface area (Å²) in [5, 5.41) is 15.7. The fraction of sp³-hybridized carbons (Fsp3) is 0.182. The summed E-state index contributed by atoms with van der Waals surface area (Å²) in [7, 11) is 1.59. The Hall–Kier alpha value is -3.36. The molecule has 1 atom stereocenters. The molecule has 0 unspecified atom stereocenters. The molecule has 1 aliphatic heterocycles. The zero-order valence-electron chi connectivity index (χ0n) is 16.2. The smallest absolute Gasteiger partial charge is 0.260 e. The fourth-order valence-electron chi connectivity index (χ4n) is 4.20. The van der Waals surface area contributed by atoms with E-state index in [2.05, 4.69) is 21.4 Å². The van der Waals surface area contributed by atoms with Crippen LogP contribution in [-0.2, 0) is 6.42 Å². The first-order valence-corrected chi connectivity index (χ1v) is 10.0. The van der Waals surface area contributed by atoms with Gasteiger partial charge in [0.25, 0.3) is 5.56 Å². The SMILES string of the molecule is COc1ccc(-n2c(O)c([C@H]3NCCc4c3[nH]c3ccccc43)c(=O)[nH]c2=S)cc1. The van der Waals surface area contributed by atoms with E-state index in [1.807, 2.05) is 18.2 Å². The van der Waals surface area contributed by atoms with Gasteiger partial charge >= 0.3 is 0 Å². The van der Waals surface area contributed by atoms with Gasteiger partial charge in [-0.25, -0.2) is 0 Å². The number of ether oxygens (including phenoxy) is 1. The molecule has 3 heterocycles. The lowest BCUT2D eigenvalue weighted by Gasteiger charge is -2.25. The molecule has 2 aromatic heterocycles. The van der Waals surface area contributed by atoms with Crippen molar-refractivity contribution in [3.8, 4) is 17.3 Å². The number of H-pyrrole nitrogens is 2. The maximum absolute atomic E-state index is 12.9. The van der Waals surface area contributed by atoms with Crippen molar-refractivity contribution in [3.63, 3.8) is 0 Å². The van der Waals surface area contributed by atoms with Gasteiger partial charge in [0, 0.05) is 23.1 Å². The standard InChI is InChI=1S/C22H20N4O3S/c1-29-13-8-6-12(7-9-13)26-21(28)17(20(27)25-22(26)30)19-18-15(10-11-23-19)14-4-2-3-5-16(14)24-18/h2-9,19,23-24,28H,10-11H2,1H3,(H,25,27,30)/t19-/m1/s1. The highest BCUT2D eigenvalue weighted by molar-refractivity contribution is 7.71. The molecule has 0 saturated carbocycles. The van der Waals surface area contributed by atoms with E-state index in [0.717, 1.165) is 28.6 Å². The highest BCUT2D eigenvalue weighted by atomic mass is 32.1. The Balaban J connectivity index is 1.71. The lowest BCUT2D eigenvalue weighted by atomic mass is 9.95. The van der Waals surface area contributed by atoms with Crippen molar-refractivity contribution in [1.82, 2.24) is 19.9 Å². The fourth-order valence-corrected chi connectivity index (χ4v) is 4.48. The van der Waals surface area contributed by atoms with Gasteiger partial charge in [-0.3, -0.25) is 14.3 Å². The Morgan fingerprint density at radius 2 is 1.90 bits per heavy atom. The lowest BCUT2D eigenvalue weighted by Crippen LogP contribution is -2.35. The van der Waals surface area contributed by atoms with Gasteiger partial charge < -0.3 is 20.1 Å². The molecule has 0 saturated heterocycles. The van der Waals surface area contributed by atoms with Crippen molar-refractivity contribution >= 4 is 23.1 Å². The minimum atomic E-state index is -0.481. The van der Waals surface area contributed by atoms with Crippen molar-refractivity contribution < 1.29 is 9.84 Å². The molecule has 4 N–H and O–H groups in total. The number of aromatic hydroxyl groups is 1. The quantitative estimate of drug-likeness (QED) is 0.382. The van der Waals surface area contributed by atoms with E-state index >= 15 is 0 Å². The first-order chi connectivity index (χ1) is 14.6. The van der Waals surface area contributed by atoms with Gasteiger partial charge in [0.1, 0.15) is 11.3 Å². The van der Waals surface area contributed by atoms with Gasteiger partial charge in [-0.2, -0.15) is 0 Å². The number of hydrogen-bond donors (Lipinski definition) is 4. The van der Waals surface area contributed by atoms with Crippen molar-refractivity contribution in [2.24, 2.45) is 0 Å². The van der Waals surface area contributed by atoms with Crippen LogP contribution in [0, 0.1) is 4.77 Å². The topological polar surface area (TPSA) is 95.1 Å². The highest BCUT2D eigenvalue weighted by Crippen LogP contribution is 2.35. The van der Waals surface area contributed by atoms with E-state index < -0.39 is 11.6 Å². The molecule has 152 valence electrons. The van der Waals surface area contributed by atoms with Crippen LogP contribution in [-0.4, -0.2) is 33.3 Å². The van der Waals surface area contributed by atoms with E-state index in [1.54, 1.807) is 31.4 Å². The van der Waals surface area contributed by atoms with Crippen LogP contribution < -0.4 is 15.6 Å². The Morgan fingerprint density at radius 3 is 2.67 bits per heavy atom. The van der Waals surface area contributed by atoms with Gasteiger partial charge in [-0.1, -0.05) is 18.2 Å². The van der Waals surface area contributed by atoms with Crippen LogP contribution in [0.25, 0.3) is 16.6 Å². The number of rotatable bonds is 3. The highest BCUT2D eigenvalue weighted by Gasteiger charge is 2.30. The van der Waals surface area contributed by atoms with Crippen LogP contribution in [0.3, 0.4) is 0 Å². The van der Waals surface area contributed by atoms with E-state index in [1.165, 1.54) is 4.57 Å². The summed E-state index contributed by atoms with van der Waals surface area (Å²) in [5.41, 5.74) is 3.50. The van der Waals surface area contributed by atoms with Crippen LogP contribution in [0.1, 0.15) is 22.9 Å². The second-order valence-electron chi connectivity index (χ2n) is 7.23. The van der Waals surface area contributed by atoms with Crippen molar-refractivity contribution in [3.05, 3.63) is 80.5 Å². The monoisotopic (exact) mass is 420 g/mol. The molecule has 0 spiro atoms. The molecule has 0 radical (unpaired) electrons. The first kappa shape index (κ1) is 18.7. The number of benzene rings is 2. The van der Waals surface area contributed by atoms with E-state index in [0.29, 0.717) is 18.0 Å². The number of hydrogen-bond acceptors (Lipinski definition) is 5. The summed E-state index contributed by atoms with van der Waals surface area (Å²) in [6, 6.07) is 14.7. The van der Waals surface area contributed by atoms with Crippen molar-refractivity contribution in [2.75, 3.05) is 13.7 Å². The number of fused-ring (bicyclic) bond motifs is 3. The third kappa shape index (κ3) is 2.84. The molecular formula is C22H20N4O3S. The molecule has 0 fully saturated rings. The zero-order chi connectivity index (χ0) is 20.8. The predicted molar refractivity (Wildman–Crippen MR) is 117 cm³/mol. The number of aromatic amines is 2. The molecule has 2 aromatic carbocycles. The maximum Gasteiger partial charge on any atom is 0.260 e. The number of para-hydroxylation sites is 1. The molecular weight excluding hydrogens is 400 g/mol. The Labute approximate surface area is 177 Å². The predicted octanol–water partition coefficient (Wildman–Crippen LogP) is 3.33. The first-order valence-electron chi connectivity index (χ1n) is 9.64. The molecule has 7 nitrogen and oxygen atoms in total. The summed E-state index contributed by atoms with van der Waals surface area (Å²) in [6.45, 7) is 0.691. The van der Waals surface area contributed by atoms with E-state index in [4.69, 9.17) is 17.0 Å². The van der Waals surface area contributed by atoms with Crippen LogP contribution >= 0.6 is 12.2 Å². The van der Waals surface area contributed by atoms with Crippen LogP contribution in [0.15, 0.2) is 53.3 Å². The Bertz CT molecular complexity index is 1370. The maximum atomic E-state index is 12.9.